The highest BCUT2D eigenvalue weighted by Gasteiger charge is 2.42. The fourth-order valence-electron chi connectivity index (χ4n) is 8.33. The molecule has 4 aliphatic rings. The van der Waals surface area contributed by atoms with E-state index in [4.69, 9.17) is 14.4 Å². The number of fused-ring (bicyclic) bond motifs is 8. The molecule has 0 N–H and O–H groups in total. The Labute approximate surface area is 339 Å². The number of furan rings is 1. The number of rotatable bonds is 5. The minimum absolute atomic E-state index is 0.0674. The molecule has 7 aromatic rings. The van der Waals surface area contributed by atoms with E-state index in [1.165, 1.54) is 28.6 Å². The number of hydrogen-bond donors (Lipinski definition) is 0. The summed E-state index contributed by atoms with van der Waals surface area (Å²) >= 11 is 0. The molecule has 0 bridgehead atoms. The van der Waals surface area contributed by atoms with Crippen molar-refractivity contribution >= 4 is 56.8 Å². The lowest BCUT2D eigenvalue weighted by Crippen LogP contribution is -2.02. The van der Waals surface area contributed by atoms with Crippen molar-refractivity contribution in [3.05, 3.63) is 210 Å². The molecule has 2 aromatic carbocycles. The highest BCUT2D eigenvalue weighted by molar-refractivity contribution is 6.01. The third-order valence-corrected chi connectivity index (χ3v) is 11.0. The van der Waals surface area contributed by atoms with Gasteiger partial charge < -0.3 is 8.98 Å². The molecule has 5 heterocycles. The van der Waals surface area contributed by atoms with Crippen molar-refractivity contribution in [1.82, 2.24) is 19.5 Å². The van der Waals surface area contributed by atoms with Gasteiger partial charge in [0.05, 0.1) is 28.3 Å². The molecule has 3 unspecified atom stereocenters. The lowest BCUT2D eigenvalue weighted by Gasteiger charge is -2.16. The molecule has 0 aliphatic heterocycles. The normalized spacial score (nSPS) is 18.2. The van der Waals surface area contributed by atoms with E-state index < -0.39 is 0 Å². The van der Waals surface area contributed by atoms with E-state index in [0.717, 1.165) is 67.3 Å². The third kappa shape index (κ3) is 6.66. The van der Waals surface area contributed by atoms with Crippen LogP contribution < -0.4 is 0 Å². The monoisotopic (exact) mass is 752 g/mol. The Morgan fingerprint density at radius 3 is 2.24 bits per heavy atom. The highest BCUT2D eigenvalue weighted by Crippen LogP contribution is 2.56. The topological polar surface area (TPSA) is 56.7 Å². The Hall–Kier alpha value is -7.07. The van der Waals surface area contributed by atoms with Crippen molar-refractivity contribution in [3.63, 3.8) is 0 Å². The summed E-state index contributed by atoms with van der Waals surface area (Å²) < 4.78 is 8.99. The lowest BCUT2D eigenvalue weighted by molar-refractivity contribution is 0.603. The van der Waals surface area contributed by atoms with E-state index in [1.807, 2.05) is 81.8 Å². The van der Waals surface area contributed by atoms with Gasteiger partial charge >= 0.3 is 0 Å². The van der Waals surface area contributed by atoms with Crippen LogP contribution in [0.5, 0.6) is 0 Å². The minimum atomic E-state index is -0.0674. The predicted octanol–water partition coefficient (Wildman–Crippen LogP) is 13.5. The van der Waals surface area contributed by atoms with Crippen molar-refractivity contribution in [2.24, 2.45) is 5.92 Å². The standard InChI is InChI=1S/C48H32N4O.C3H6.C2H6/c1-2-10-33(41-11-3-6-22-49-41)25-30(9-1)31-14-18-44-40(26-31)48-36-27-32(36)15-19-45(48)52(44)34-16-20-46-38(28-34)39-29-37(43-13-5-8-24-51-43)35(17-21-47(39)53-46)42-12-4-7-23-50-42;1-3-2;1-2/h1-24,26,28-29,32,35-36H,27H2;3H,1H2,2H3;1-2H3. The Morgan fingerprint density at radius 1 is 0.759 bits per heavy atom. The zero-order valence-electron chi connectivity index (χ0n) is 33.0. The van der Waals surface area contributed by atoms with Gasteiger partial charge in [0.1, 0.15) is 11.3 Å². The van der Waals surface area contributed by atoms with Crippen molar-refractivity contribution in [1.29, 1.82) is 0 Å². The largest absolute Gasteiger partial charge is 0.456 e. The number of hydrogen-bond acceptors (Lipinski definition) is 4. The molecule has 5 heteroatoms. The Kier molecular flexibility index (Phi) is 9.97. The Balaban J connectivity index is 0.000000835. The van der Waals surface area contributed by atoms with Crippen LogP contribution in [0.25, 0.3) is 62.5 Å². The second-order valence-corrected chi connectivity index (χ2v) is 14.5. The molecule has 0 amide bonds. The van der Waals surface area contributed by atoms with Gasteiger partial charge in [0.15, 0.2) is 0 Å². The first-order valence-corrected chi connectivity index (χ1v) is 20.2. The number of nitrogens with zero attached hydrogens (tertiary/aromatic N) is 4. The van der Waals surface area contributed by atoms with Crippen LogP contribution in [-0.2, 0) is 0 Å². The zero-order chi connectivity index (χ0) is 39.6. The summed E-state index contributed by atoms with van der Waals surface area (Å²) in [5, 5.41) is 2.38. The molecule has 5 aromatic heterocycles. The van der Waals surface area contributed by atoms with Crippen LogP contribution in [0.4, 0.5) is 0 Å². The van der Waals surface area contributed by atoms with Crippen LogP contribution in [0.3, 0.4) is 0 Å². The first kappa shape index (κ1) is 36.6. The van der Waals surface area contributed by atoms with Gasteiger partial charge in [-0.2, -0.15) is 0 Å². The average molecular weight is 753 g/mol. The molecule has 1 fully saturated rings. The summed E-state index contributed by atoms with van der Waals surface area (Å²) in [5.41, 5.74) is 17.7. The first-order valence-electron chi connectivity index (χ1n) is 20.2. The number of aromatic nitrogens is 4. The predicted molar refractivity (Wildman–Crippen MR) is 241 cm³/mol. The minimum Gasteiger partial charge on any atom is -0.456 e. The van der Waals surface area contributed by atoms with Crippen molar-refractivity contribution in [2.75, 3.05) is 0 Å². The summed E-state index contributed by atoms with van der Waals surface area (Å²) in [7, 11) is 0. The molecular formula is C53H44N4O. The fraction of sp³-hybridized carbons (Fsp3) is 0.132. The summed E-state index contributed by atoms with van der Waals surface area (Å²) in [6.07, 6.45) is 28.2. The average Bonchev–Trinajstić information content (AvgIpc) is 4.01. The van der Waals surface area contributed by atoms with Gasteiger partial charge in [-0.05, 0) is 139 Å². The van der Waals surface area contributed by atoms with Gasteiger partial charge in [0, 0.05) is 57.7 Å². The van der Waals surface area contributed by atoms with Crippen LogP contribution >= 0.6 is 0 Å². The van der Waals surface area contributed by atoms with Gasteiger partial charge in [-0.1, -0.05) is 68.5 Å². The van der Waals surface area contributed by atoms with E-state index in [1.54, 1.807) is 6.08 Å². The van der Waals surface area contributed by atoms with E-state index in [9.17, 15) is 0 Å². The summed E-state index contributed by atoms with van der Waals surface area (Å²) in [5.74, 6) is 1.93. The molecule has 3 atom stereocenters. The Morgan fingerprint density at radius 2 is 1.50 bits per heavy atom. The smallest absolute Gasteiger partial charge is 0.135 e. The molecule has 11 rings (SSSR count). The van der Waals surface area contributed by atoms with Crippen molar-refractivity contribution in [2.45, 2.75) is 39.0 Å². The Bertz CT molecular complexity index is 2890. The maximum absolute atomic E-state index is 6.55. The molecule has 0 spiro atoms. The second-order valence-electron chi connectivity index (χ2n) is 14.5. The number of pyridine rings is 3. The molecule has 5 nitrogen and oxygen atoms in total. The maximum Gasteiger partial charge on any atom is 0.135 e. The van der Waals surface area contributed by atoms with Gasteiger partial charge in [-0.25, -0.2) is 0 Å². The van der Waals surface area contributed by atoms with Crippen LogP contribution in [-0.4, -0.2) is 19.5 Å². The molecule has 0 saturated heterocycles. The highest BCUT2D eigenvalue weighted by atomic mass is 16.3. The molecular weight excluding hydrogens is 709 g/mol. The second kappa shape index (κ2) is 15.8. The molecule has 58 heavy (non-hydrogen) atoms. The van der Waals surface area contributed by atoms with E-state index in [-0.39, 0.29) is 5.92 Å². The van der Waals surface area contributed by atoms with Crippen molar-refractivity contribution in [3.8, 4) is 5.69 Å². The summed E-state index contributed by atoms with van der Waals surface area (Å²) in [4.78, 5) is 14.1. The van der Waals surface area contributed by atoms with Crippen molar-refractivity contribution < 1.29 is 4.42 Å². The van der Waals surface area contributed by atoms with Gasteiger partial charge in [-0.15, -0.1) is 12.3 Å². The van der Waals surface area contributed by atoms with Crippen LogP contribution in [0.1, 0.15) is 84.3 Å². The van der Waals surface area contributed by atoms with Crippen LogP contribution in [0, 0.1) is 5.92 Å². The SMILES string of the molecule is C1=C(c2ccc3c(c2)c2c(n3-c3ccc4oc5c(c4c3)C=C(c3ccccn3)C(c3ccccn3)C=C5)C=CC3CC23)C=CC=CC=1c1ccccn1.C=CC.CC. The molecule has 0 radical (unpaired) electrons. The quantitative estimate of drug-likeness (QED) is 0.130. The molecule has 282 valence electrons. The van der Waals surface area contributed by atoms with Crippen LogP contribution in [0.15, 0.2) is 169 Å². The van der Waals surface area contributed by atoms with E-state index >= 15 is 0 Å². The molecule has 1 saturated carbocycles. The number of allylic oxidation sites excluding steroid dienone is 9. The fourth-order valence-corrected chi connectivity index (χ4v) is 8.33. The van der Waals surface area contributed by atoms with E-state index in [0.29, 0.717) is 11.8 Å². The van der Waals surface area contributed by atoms with Gasteiger partial charge in [-0.3, -0.25) is 15.0 Å². The zero-order valence-corrected chi connectivity index (χ0v) is 33.0. The van der Waals surface area contributed by atoms with Crippen LogP contribution in [0.2, 0.25) is 0 Å². The summed E-state index contributed by atoms with van der Waals surface area (Å²) in [6.45, 7) is 9.25. The number of benzene rings is 2. The first-order chi connectivity index (χ1) is 28.7. The molecule has 4 aliphatic carbocycles. The summed E-state index contributed by atoms with van der Waals surface area (Å²) in [6, 6.07) is 31.7. The van der Waals surface area contributed by atoms with Gasteiger partial charge in [0.25, 0.3) is 0 Å². The lowest BCUT2D eigenvalue weighted by atomic mass is 9.91. The maximum atomic E-state index is 6.55. The van der Waals surface area contributed by atoms with Gasteiger partial charge in [0.2, 0.25) is 0 Å². The third-order valence-electron chi connectivity index (χ3n) is 11.0. The van der Waals surface area contributed by atoms with E-state index in [2.05, 4.69) is 125 Å².